The van der Waals surface area contributed by atoms with Crippen LogP contribution in [-0.4, -0.2) is 27.4 Å². The van der Waals surface area contributed by atoms with Gasteiger partial charge in [0.05, 0.1) is 6.20 Å². The smallest absolute Gasteiger partial charge is 0.280 e. The van der Waals surface area contributed by atoms with Gasteiger partial charge in [0.1, 0.15) is 0 Å². The highest BCUT2D eigenvalue weighted by atomic mass is 16.2. The first-order valence-electron chi connectivity index (χ1n) is 5.86. The second-order valence-electron chi connectivity index (χ2n) is 4.17. The number of hydrogen-bond donors (Lipinski definition) is 0. The van der Waals surface area contributed by atoms with Gasteiger partial charge in [-0.15, -0.1) is 5.10 Å². The zero-order valence-corrected chi connectivity index (χ0v) is 10.8. The molecule has 2 rings (SSSR count). The van der Waals surface area contributed by atoms with Gasteiger partial charge in [-0.1, -0.05) is 17.3 Å². The van der Waals surface area contributed by atoms with Gasteiger partial charge in [-0.2, -0.15) is 0 Å². The van der Waals surface area contributed by atoms with Gasteiger partial charge in [0.15, 0.2) is 5.69 Å². The summed E-state index contributed by atoms with van der Waals surface area (Å²) in [6.45, 7) is 4.54. The minimum Gasteiger partial charge on any atom is -0.307 e. The first-order chi connectivity index (χ1) is 8.61. The molecule has 2 aromatic rings. The van der Waals surface area contributed by atoms with E-state index < -0.39 is 0 Å². The molecule has 5 heteroatoms. The SMILES string of the molecule is CCN(C(=O)c1cn(C)nn1)c1cccc(C)c1. The van der Waals surface area contributed by atoms with Crippen molar-refractivity contribution in [1.82, 2.24) is 15.0 Å². The average Bonchev–Trinajstić information content (AvgIpc) is 2.77. The molecule has 0 N–H and O–H groups in total. The zero-order valence-electron chi connectivity index (χ0n) is 10.8. The Morgan fingerprint density at radius 3 is 2.78 bits per heavy atom. The molecule has 0 saturated heterocycles. The molecule has 18 heavy (non-hydrogen) atoms. The Morgan fingerprint density at radius 2 is 2.22 bits per heavy atom. The second kappa shape index (κ2) is 5.00. The summed E-state index contributed by atoms with van der Waals surface area (Å²) in [5, 5.41) is 7.64. The monoisotopic (exact) mass is 244 g/mol. The molecule has 94 valence electrons. The van der Waals surface area contributed by atoms with E-state index in [0.29, 0.717) is 12.2 Å². The Hall–Kier alpha value is -2.17. The standard InChI is InChI=1S/C13H16N4O/c1-4-17(11-7-5-6-10(2)8-11)13(18)12-9-16(3)15-14-12/h5-9H,4H2,1-3H3. The molecule has 0 aliphatic heterocycles. The number of carbonyl (C=O) groups is 1. The normalized spacial score (nSPS) is 10.4. The van der Waals surface area contributed by atoms with E-state index in [4.69, 9.17) is 0 Å². The lowest BCUT2D eigenvalue weighted by molar-refractivity contribution is 0.0983. The van der Waals surface area contributed by atoms with Gasteiger partial charge in [0.2, 0.25) is 0 Å². The van der Waals surface area contributed by atoms with Crippen molar-refractivity contribution < 1.29 is 4.79 Å². The van der Waals surface area contributed by atoms with Crippen molar-refractivity contribution in [2.75, 3.05) is 11.4 Å². The highest BCUT2D eigenvalue weighted by molar-refractivity contribution is 6.04. The molecule has 1 amide bonds. The molecule has 1 aromatic heterocycles. The molecule has 1 aromatic carbocycles. The molecule has 0 aliphatic carbocycles. The summed E-state index contributed by atoms with van der Waals surface area (Å²) in [4.78, 5) is 14.0. The molecule has 1 heterocycles. The van der Waals surface area contributed by atoms with E-state index in [1.165, 1.54) is 4.68 Å². The van der Waals surface area contributed by atoms with Gasteiger partial charge in [-0.05, 0) is 31.5 Å². The summed E-state index contributed by atoms with van der Waals surface area (Å²) in [6, 6.07) is 7.85. The number of aromatic nitrogens is 3. The Labute approximate surface area is 106 Å². The highest BCUT2D eigenvalue weighted by Gasteiger charge is 2.18. The average molecular weight is 244 g/mol. The molecule has 5 nitrogen and oxygen atoms in total. The molecule has 0 bridgehead atoms. The third-order valence-corrected chi connectivity index (χ3v) is 2.70. The zero-order chi connectivity index (χ0) is 13.1. The van der Waals surface area contributed by atoms with E-state index in [-0.39, 0.29) is 5.91 Å². The summed E-state index contributed by atoms with van der Waals surface area (Å²) in [7, 11) is 1.74. The van der Waals surface area contributed by atoms with Crippen LogP contribution >= 0.6 is 0 Å². The third-order valence-electron chi connectivity index (χ3n) is 2.70. The molecule has 0 saturated carbocycles. The van der Waals surface area contributed by atoms with Crippen LogP contribution < -0.4 is 4.90 Å². The van der Waals surface area contributed by atoms with Gasteiger partial charge >= 0.3 is 0 Å². The molecule has 0 fully saturated rings. The molecular formula is C13H16N4O. The predicted molar refractivity (Wildman–Crippen MR) is 69.5 cm³/mol. The number of carbonyl (C=O) groups excluding carboxylic acids is 1. The van der Waals surface area contributed by atoms with E-state index >= 15 is 0 Å². The van der Waals surface area contributed by atoms with Crippen LogP contribution in [0, 0.1) is 6.92 Å². The lowest BCUT2D eigenvalue weighted by Crippen LogP contribution is -2.31. The quantitative estimate of drug-likeness (QED) is 0.827. The lowest BCUT2D eigenvalue weighted by atomic mass is 10.2. The third kappa shape index (κ3) is 2.40. The summed E-state index contributed by atoms with van der Waals surface area (Å²) in [5.41, 5.74) is 2.37. The number of hydrogen-bond acceptors (Lipinski definition) is 3. The molecule has 0 radical (unpaired) electrons. The van der Waals surface area contributed by atoms with Crippen LogP contribution in [0.1, 0.15) is 23.0 Å². The Balaban J connectivity index is 2.31. The van der Waals surface area contributed by atoms with Crippen molar-refractivity contribution in [2.45, 2.75) is 13.8 Å². The maximum Gasteiger partial charge on any atom is 0.280 e. The minimum absolute atomic E-state index is 0.129. The van der Waals surface area contributed by atoms with Crippen LogP contribution in [0.2, 0.25) is 0 Å². The van der Waals surface area contributed by atoms with Crippen LogP contribution in [0.4, 0.5) is 5.69 Å². The van der Waals surface area contributed by atoms with Crippen molar-refractivity contribution >= 4 is 11.6 Å². The Morgan fingerprint density at radius 1 is 1.44 bits per heavy atom. The minimum atomic E-state index is -0.129. The fourth-order valence-corrected chi connectivity index (χ4v) is 1.82. The maximum atomic E-state index is 12.3. The Bertz CT molecular complexity index is 562. The summed E-state index contributed by atoms with van der Waals surface area (Å²) in [5.74, 6) is -0.129. The number of nitrogens with zero attached hydrogens (tertiary/aromatic N) is 4. The van der Waals surface area contributed by atoms with Crippen molar-refractivity contribution in [1.29, 1.82) is 0 Å². The molecule has 0 unspecified atom stereocenters. The Kier molecular flexibility index (Phi) is 3.41. The van der Waals surface area contributed by atoms with Crippen LogP contribution in [0.25, 0.3) is 0 Å². The number of rotatable bonds is 3. The van der Waals surface area contributed by atoms with Crippen LogP contribution in [0.3, 0.4) is 0 Å². The van der Waals surface area contributed by atoms with E-state index in [9.17, 15) is 4.79 Å². The first-order valence-corrected chi connectivity index (χ1v) is 5.86. The summed E-state index contributed by atoms with van der Waals surface area (Å²) < 4.78 is 1.53. The van der Waals surface area contributed by atoms with E-state index in [0.717, 1.165) is 11.3 Å². The summed E-state index contributed by atoms with van der Waals surface area (Å²) >= 11 is 0. The largest absolute Gasteiger partial charge is 0.307 e. The topological polar surface area (TPSA) is 51.0 Å². The van der Waals surface area contributed by atoms with Gasteiger partial charge < -0.3 is 4.90 Å². The van der Waals surface area contributed by atoms with E-state index in [1.807, 2.05) is 38.1 Å². The molecule has 0 spiro atoms. The van der Waals surface area contributed by atoms with Crippen molar-refractivity contribution in [2.24, 2.45) is 7.05 Å². The van der Waals surface area contributed by atoms with Gasteiger partial charge in [0.25, 0.3) is 5.91 Å². The van der Waals surface area contributed by atoms with E-state index in [2.05, 4.69) is 10.3 Å². The summed E-state index contributed by atoms with van der Waals surface area (Å²) in [6.07, 6.45) is 1.63. The van der Waals surface area contributed by atoms with Gasteiger partial charge in [-0.25, -0.2) is 0 Å². The number of aryl methyl sites for hydroxylation is 2. The molecule has 0 aliphatic rings. The maximum absolute atomic E-state index is 12.3. The highest BCUT2D eigenvalue weighted by Crippen LogP contribution is 2.17. The molecule has 0 atom stereocenters. The first kappa shape index (κ1) is 12.3. The van der Waals surface area contributed by atoms with E-state index in [1.54, 1.807) is 18.1 Å². The van der Waals surface area contributed by atoms with Crippen molar-refractivity contribution in [3.05, 3.63) is 41.7 Å². The van der Waals surface area contributed by atoms with Gasteiger partial charge in [0, 0.05) is 19.3 Å². The van der Waals surface area contributed by atoms with Crippen LogP contribution in [-0.2, 0) is 7.05 Å². The second-order valence-corrected chi connectivity index (χ2v) is 4.17. The fraction of sp³-hybridized carbons (Fsp3) is 0.308. The number of benzene rings is 1. The fourth-order valence-electron chi connectivity index (χ4n) is 1.82. The lowest BCUT2D eigenvalue weighted by Gasteiger charge is -2.20. The van der Waals surface area contributed by atoms with Gasteiger partial charge in [-0.3, -0.25) is 9.48 Å². The predicted octanol–water partition coefficient (Wildman–Crippen LogP) is 1.79. The number of amides is 1. The van der Waals surface area contributed by atoms with Crippen LogP contribution in [0.15, 0.2) is 30.5 Å². The van der Waals surface area contributed by atoms with Crippen molar-refractivity contribution in [3.63, 3.8) is 0 Å². The van der Waals surface area contributed by atoms with Crippen LogP contribution in [0.5, 0.6) is 0 Å². The molecular weight excluding hydrogens is 228 g/mol. The number of anilines is 1. The van der Waals surface area contributed by atoms with Crippen molar-refractivity contribution in [3.8, 4) is 0 Å².